The minimum Gasteiger partial charge on any atom is -0.370 e. The number of amides is 3. The first-order chi connectivity index (χ1) is 11.9. The fourth-order valence-electron chi connectivity index (χ4n) is 3.05. The number of ether oxygens (including phenoxy) is 1. The molecular weight excluding hydrogens is 320 g/mol. The lowest BCUT2D eigenvalue weighted by molar-refractivity contribution is -0.139. The third-order valence-corrected chi connectivity index (χ3v) is 4.36. The van der Waals surface area contributed by atoms with Gasteiger partial charge < -0.3 is 25.6 Å². The van der Waals surface area contributed by atoms with E-state index in [-0.39, 0.29) is 18.7 Å². The van der Waals surface area contributed by atoms with Crippen LogP contribution >= 0.6 is 0 Å². The molecule has 0 aliphatic carbocycles. The Morgan fingerprint density at radius 1 is 1.36 bits per heavy atom. The number of likely N-dealkylation sites (N-methyl/N-ethyl adjacent to an activating group) is 1. The smallest absolute Gasteiger partial charge is 0.317 e. The first-order valence-electron chi connectivity index (χ1n) is 8.70. The van der Waals surface area contributed by atoms with Crippen molar-refractivity contribution in [3.63, 3.8) is 0 Å². The Balaban J connectivity index is 1.87. The molecule has 7 heteroatoms. The molecule has 0 radical (unpaired) electrons. The van der Waals surface area contributed by atoms with Crippen LogP contribution in [0.1, 0.15) is 19.4 Å². The van der Waals surface area contributed by atoms with Gasteiger partial charge in [0.05, 0.1) is 12.6 Å². The first-order valence-corrected chi connectivity index (χ1v) is 8.70. The number of hydrogen-bond donors (Lipinski definition) is 2. The molecule has 7 nitrogen and oxygen atoms in total. The van der Waals surface area contributed by atoms with E-state index in [1.807, 2.05) is 19.1 Å². The van der Waals surface area contributed by atoms with Crippen LogP contribution < -0.4 is 16.0 Å². The van der Waals surface area contributed by atoms with E-state index in [2.05, 4.69) is 36.2 Å². The van der Waals surface area contributed by atoms with Crippen molar-refractivity contribution in [2.45, 2.75) is 33.0 Å². The van der Waals surface area contributed by atoms with E-state index in [1.54, 1.807) is 4.90 Å². The Hall–Kier alpha value is -2.28. The molecule has 1 aliphatic heterocycles. The van der Waals surface area contributed by atoms with Crippen molar-refractivity contribution >= 4 is 17.6 Å². The van der Waals surface area contributed by atoms with Crippen molar-refractivity contribution in [1.29, 1.82) is 0 Å². The van der Waals surface area contributed by atoms with Crippen LogP contribution in [0.15, 0.2) is 24.3 Å². The maximum Gasteiger partial charge on any atom is 0.317 e. The van der Waals surface area contributed by atoms with Crippen molar-refractivity contribution in [1.82, 2.24) is 10.2 Å². The van der Waals surface area contributed by atoms with Crippen molar-refractivity contribution in [2.24, 2.45) is 5.73 Å². The lowest BCUT2D eigenvalue weighted by atomic mass is 10.2. The summed E-state index contributed by atoms with van der Waals surface area (Å²) in [6.07, 6.45) is -0.954. The topological polar surface area (TPSA) is 87.9 Å². The van der Waals surface area contributed by atoms with Gasteiger partial charge in [-0.05, 0) is 32.4 Å². The molecule has 2 atom stereocenters. The van der Waals surface area contributed by atoms with Gasteiger partial charge in [-0.15, -0.1) is 0 Å². The van der Waals surface area contributed by atoms with Gasteiger partial charge >= 0.3 is 6.03 Å². The zero-order valence-corrected chi connectivity index (χ0v) is 15.2. The number of anilines is 1. The van der Waals surface area contributed by atoms with Crippen molar-refractivity contribution < 1.29 is 14.3 Å². The van der Waals surface area contributed by atoms with Crippen LogP contribution in [-0.4, -0.2) is 61.8 Å². The molecule has 1 fully saturated rings. The lowest BCUT2D eigenvalue weighted by Gasteiger charge is -2.35. The standard InChI is InChI=1S/C18H28N4O3/c1-4-21(15-8-6-5-7-13(15)2)10-9-20-18(24)22-11-14(3)25-16(12-22)17(19)23/h5-8,14,16H,4,9-12H2,1-3H3,(H2,19,23)(H,20,24)/t14-,16+/m1/s1. The minimum absolute atomic E-state index is 0.192. The molecule has 3 N–H and O–H groups in total. The highest BCUT2D eigenvalue weighted by atomic mass is 16.5. The minimum atomic E-state index is -0.742. The Bertz CT molecular complexity index is 608. The second-order valence-corrected chi connectivity index (χ2v) is 6.34. The molecule has 3 amide bonds. The number of urea groups is 1. The van der Waals surface area contributed by atoms with Crippen LogP contribution in [-0.2, 0) is 9.53 Å². The van der Waals surface area contributed by atoms with Gasteiger partial charge in [-0.1, -0.05) is 18.2 Å². The SMILES string of the molecule is CCN(CCNC(=O)N1C[C@@H](C)O[C@H](C(N)=O)C1)c1ccccc1C. The van der Waals surface area contributed by atoms with Crippen LogP contribution in [0.25, 0.3) is 0 Å². The van der Waals surface area contributed by atoms with E-state index >= 15 is 0 Å². The third kappa shape index (κ3) is 5.09. The van der Waals surface area contributed by atoms with Gasteiger partial charge in [-0.2, -0.15) is 0 Å². The number of para-hydroxylation sites is 1. The molecule has 1 aromatic rings. The summed E-state index contributed by atoms with van der Waals surface area (Å²) >= 11 is 0. The van der Waals surface area contributed by atoms with Crippen LogP contribution in [0.3, 0.4) is 0 Å². The molecule has 25 heavy (non-hydrogen) atoms. The Kier molecular flexibility index (Phi) is 6.64. The van der Waals surface area contributed by atoms with Gasteiger partial charge in [0.25, 0.3) is 0 Å². The number of morpholine rings is 1. The van der Waals surface area contributed by atoms with E-state index in [0.717, 1.165) is 6.54 Å². The molecule has 0 unspecified atom stereocenters. The maximum atomic E-state index is 12.4. The van der Waals surface area contributed by atoms with Gasteiger partial charge in [-0.25, -0.2) is 4.79 Å². The van der Waals surface area contributed by atoms with Crippen molar-refractivity contribution in [3.05, 3.63) is 29.8 Å². The molecule has 1 aliphatic rings. The molecule has 138 valence electrons. The fourth-order valence-corrected chi connectivity index (χ4v) is 3.05. The van der Waals surface area contributed by atoms with Crippen molar-refractivity contribution in [2.75, 3.05) is 37.6 Å². The second-order valence-electron chi connectivity index (χ2n) is 6.34. The molecule has 0 saturated carbocycles. The van der Waals surface area contributed by atoms with Crippen LogP contribution in [0.5, 0.6) is 0 Å². The van der Waals surface area contributed by atoms with Crippen LogP contribution in [0, 0.1) is 6.92 Å². The first kappa shape index (κ1) is 19.1. The average molecular weight is 348 g/mol. The van der Waals surface area contributed by atoms with Crippen molar-refractivity contribution in [3.8, 4) is 0 Å². The van der Waals surface area contributed by atoms with Crippen LogP contribution in [0.2, 0.25) is 0 Å². The Morgan fingerprint density at radius 2 is 2.08 bits per heavy atom. The number of nitrogens with one attached hydrogen (secondary N) is 1. The van der Waals surface area contributed by atoms with Gasteiger partial charge in [0.2, 0.25) is 5.91 Å². The van der Waals surface area contributed by atoms with E-state index in [4.69, 9.17) is 10.5 Å². The summed E-state index contributed by atoms with van der Waals surface area (Å²) in [5.41, 5.74) is 7.68. The average Bonchev–Trinajstić information content (AvgIpc) is 2.59. The number of rotatable bonds is 6. The third-order valence-electron chi connectivity index (χ3n) is 4.36. The predicted molar refractivity (Wildman–Crippen MR) is 97.6 cm³/mol. The van der Waals surface area contributed by atoms with Gasteiger partial charge in [0, 0.05) is 31.9 Å². The summed E-state index contributed by atoms with van der Waals surface area (Å²) in [7, 11) is 0. The number of carbonyl (C=O) groups is 2. The lowest BCUT2D eigenvalue weighted by Crippen LogP contribution is -2.56. The molecule has 1 heterocycles. The summed E-state index contributed by atoms with van der Waals surface area (Å²) in [6.45, 7) is 8.74. The summed E-state index contributed by atoms with van der Waals surface area (Å²) in [4.78, 5) is 27.5. The quantitative estimate of drug-likeness (QED) is 0.806. The van der Waals surface area contributed by atoms with Gasteiger partial charge in [0.1, 0.15) is 0 Å². The molecule has 2 rings (SSSR count). The summed E-state index contributed by atoms with van der Waals surface area (Å²) in [6, 6.07) is 8.01. The normalized spacial score (nSPS) is 20.2. The predicted octanol–water partition coefficient (Wildman–Crippen LogP) is 1.11. The maximum absolute atomic E-state index is 12.4. The molecule has 0 bridgehead atoms. The fraction of sp³-hybridized carbons (Fsp3) is 0.556. The molecular formula is C18H28N4O3. The number of nitrogens with two attached hydrogens (primary N) is 1. The number of nitrogens with zero attached hydrogens (tertiary/aromatic N) is 2. The van der Waals surface area contributed by atoms with E-state index in [9.17, 15) is 9.59 Å². The van der Waals surface area contributed by atoms with Crippen LogP contribution in [0.4, 0.5) is 10.5 Å². The zero-order valence-electron chi connectivity index (χ0n) is 15.2. The number of aryl methyl sites for hydroxylation is 1. The molecule has 1 saturated heterocycles. The number of benzene rings is 1. The highest BCUT2D eigenvalue weighted by Crippen LogP contribution is 2.18. The highest BCUT2D eigenvalue weighted by molar-refractivity contribution is 5.81. The molecule has 1 aromatic carbocycles. The Labute approximate surface area is 149 Å². The second kappa shape index (κ2) is 8.71. The summed E-state index contributed by atoms with van der Waals surface area (Å²) in [5, 5.41) is 2.92. The summed E-state index contributed by atoms with van der Waals surface area (Å²) < 4.78 is 5.45. The molecule has 0 spiro atoms. The summed E-state index contributed by atoms with van der Waals surface area (Å²) in [5.74, 6) is -0.541. The van der Waals surface area contributed by atoms with E-state index in [1.165, 1.54) is 11.3 Å². The largest absolute Gasteiger partial charge is 0.370 e. The number of primary amides is 1. The Morgan fingerprint density at radius 3 is 2.72 bits per heavy atom. The monoisotopic (exact) mass is 348 g/mol. The molecule has 0 aromatic heterocycles. The zero-order chi connectivity index (χ0) is 18.4. The number of carbonyl (C=O) groups excluding carboxylic acids is 2. The van der Waals surface area contributed by atoms with Gasteiger partial charge in [-0.3, -0.25) is 4.79 Å². The van der Waals surface area contributed by atoms with E-state index in [0.29, 0.717) is 19.6 Å². The highest BCUT2D eigenvalue weighted by Gasteiger charge is 2.31. The van der Waals surface area contributed by atoms with Gasteiger partial charge in [0.15, 0.2) is 6.10 Å². The number of hydrogen-bond acceptors (Lipinski definition) is 4. The van der Waals surface area contributed by atoms with E-state index < -0.39 is 12.0 Å².